The monoisotopic (exact) mass is 218 g/mol. The first-order chi connectivity index (χ1) is 5.70. The lowest BCUT2D eigenvalue weighted by atomic mass is 10.4. The van der Waals surface area contributed by atoms with Crippen LogP contribution in [0.4, 0.5) is 13.2 Å². The molecule has 0 atom stereocenters. The fraction of sp³-hybridized carbons (Fsp3) is 0.667. The Balaban J connectivity index is 4.64. The Kier molecular flexibility index (Phi) is 3.77. The molecule has 0 fully saturated rings. The molecule has 0 saturated heterocycles. The summed E-state index contributed by atoms with van der Waals surface area (Å²) >= 11 is 0. The van der Waals surface area contributed by atoms with Crippen LogP contribution in [0.25, 0.3) is 0 Å². The zero-order valence-corrected chi connectivity index (χ0v) is 7.87. The van der Waals surface area contributed by atoms with Gasteiger partial charge in [-0.2, -0.15) is 21.6 Å². The van der Waals surface area contributed by atoms with Gasteiger partial charge >= 0.3 is 15.6 Å². The van der Waals surface area contributed by atoms with Gasteiger partial charge < -0.3 is 4.18 Å². The Bertz CT molecular complexity index is 289. The zero-order chi connectivity index (χ0) is 10.7. The van der Waals surface area contributed by atoms with Crippen molar-refractivity contribution in [3.8, 4) is 0 Å². The molecule has 3 nitrogen and oxygen atoms in total. The van der Waals surface area contributed by atoms with Gasteiger partial charge in [0.1, 0.15) is 5.76 Å². The molecule has 7 heteroatoms. The van der Waals surface area contributed by atoms with Gasteiger partial charge in [0.25, 0.3) is 0 Å². The van der Waals surface area contributed by atoms with E-state index in [1.54, 1.807) is 6.92 Å². The lowest BCUT2D eigenvalue weighted by molar-refractivity contribution is -0.0521. The third-order valence-corrected chi connectivity index (χ3v) is 2.07. The molecule has 0 radical (unpaired) electrons. The van der Waals surface area contributed by atoms with E-state index in [0.717, 1.165) is 6.92 Å². The SMILES string of the molecule is CCC=C(C)OS(=O)(=O)C(F)(F)F. The highest BCUT2D eigenvalue weighted by molar-refractivity contribution is 7.87. The van der Waals surface area contributed by atoms with Crippen LogP contribution in [0.3, 0.4) is 0 Å². The normalized spacial score (nSPS) is 14.4. The van der Waals surface area contributed by atoms with E-state index in [9.17, 15) is 21.6 Å². The van der Waals surface area contributed by atoms with Crippen molar-refractivity contribution in [2.75, 3.05) is 0 Å². The van der Waals surface area contributed by atoms with Crippen molar-refractivity contribution >= 4 is 10.1 Å². The average molecular weight is 218 g/mol. The maximum Gasteiger partial charge on any atom is 0.534 e. The van der Waals surface area contributed by atoms with Gasteiger partial charge in [-0.1, -0.05) is 6.92 Å². The van der Waals surface area contributed by atoms with Gasteiger partial charge in [0.15, 0.2) is 0 Å². The van der Waals surface area contributed by atoms with Gasteiger partial charge in [-0.05, 0) is 19.4 Å². The van der Waals surface area contributed by atoms with Crippen molar-refractivity contribution in [1.82, 2.24) is 0 Å². The van der Waals surface area contributed by atoms with Crippen molar-refractivity contribution in [3.05, 3.63) is 11.8 Å². The van der Waals surface area contributed by atoms with Crippen molar-refractivity contribution in [1.29, 1.82) is 0 Å². The second-order valence-electron chi connectivity index (χ2n) is 2.21. The maximum absolute atomic E-state index is 11.7. The highest BCUT2D eigenvalue weighted by Gasteiger charge is 2.48. The topological polar surface area (TPSA) is 43.4 Å². The third-order valence-electron chi connectivity index (χ3n) is 1.02. The highest BCUT2D eigenvalue weighted by atomic mass is 32.2. The van der Waals surface area contributed by atoms with Crippen molar-refractivity contribution in [3.63, 3.8) is 0 Å². The van der Waals surface area contributed by atoms with E-state index in [1.807, 2.05) is 0 Å². The average Bonchev–Trinajstić information content (AvgIpc) is 1.83. The van der Waals surface area contributed by atoms with Crippen LogP contribution in [0.1, 0.15) is 20.3 Å². The van der Waals surface area contributed by atoms with Gasteiger partial charge in [0, 0.05) is 0 Å². The van der Waals surface area contributed by atoms with Gasteiger partial charge in [-0.15, -0.1) is 0 Å². The van der Waals surface area contributed by atoms with E-state index < -0.39 is 15.6 Å². The minimum absolute atomic E-state index is 0.278. The summed E-state index contributed by atoms with van der Waals surface area (Å²) in [5.74, 6) is -0.278. The Hall–Kier alpha value is -0.720. The lowest BCUT2D eigenvalue weighted by Gasteiger charge is -2.08. The quantitative estimate of drug-likeness (QED) is 0.414. The molecular weight excluding hydrogens is 209 g/mol. The first kappa shape index (κ1) is 12.3. The molecular formula is C6H9F3O3S. The van der Waals surface area contributed by atoms with Crippen LogP contribution in [0, 0.1) is 0 Å². The van der Waals surface area contributed by atoms with E-state index in [0.29, 0.717) is 6.42 Å². The molecule has 0 aliphatic rings. The van der Waals surface area contributed by atoms with Crippen LogP contribution in [-0.2, 0) is 14.3 Å². The molecule has 0 spiro atoms. The van der Waals surface area contributed by atoms with Crippen LogP contribution in [0.2, 0.25) is 0 Å². The Morgan fingerprint density at radius 2 is 1.92 bits per heavy atom. The minimum atomic E-state index is -5.49. The molecule has 0 rings (SSSR count). The van der Waals surface area contributed by atoms with Gasteiger partial charge in [-0.25, -0.2) is 0 Å². The van der Waals surface area contributed by atoms with Crippen LogP contribution >= 0.6 is 0 Å². The van der Waals surface area contributed by atoms with Gasteiger partial charge in [0.05, 0.1) is 0 Å². The third kappa shape index (κ3) is 3.67. The summed E-state index contributed by atoms with van der Waals surface area (Å²) in [7, 11) is -5.49. The van der Waals surface area contributed by atoms with Crippen molar-refractivity contribution in [2.45, 2.75) is 25.8 Å². The van der Waals surface area contributed by atoms with E-state index in [-0.39, 0.29) is 5.76 Å². The molecule has 0 aromatic heterocycles. The van der Waals surface area contributed by atoms with Crippen molar-refractivity contribution < 1.29 is 25.8 Å². The number of halogens is 3. The van der Waals surface area contributed by atoms with Crippen LogP contribution in [0.15, 0.2) is 11.8 Å². The summed E-state index contributed by atoms with van der Waals surface area (Å²) in [6, 6.07) is 0. The predicted molar refractivity (Wildman–Crippen MR) is 40.1 cm³/mol. The highest BCUT2D eigenvalue weighted by Crippen LogP contribution is 2.26. The predicted octanol–water partition coefficient (Wildman–Crippen LogP) is 2.17. The van der Waals surface area contributed by atoms with Gasteiger partial charge in [0.2, 0.25) is 0 Å². The Labute approximate surface area is 74.3 Å². The fourth-order valence-electron chi connectivity index (χ4n) is 0.542. The van der Waals surface area contributed by atoms with Crippen LogP contribution in [-0.4, -0.2) is 13.9 Å². The molecule has 0 aromatic carbocycles. The second kappa shape index (κ2) is 3.99. The Morgan fingerprint density at radius 1 is 1.46 bits per heavy atom. The van der Waals surface area contributed by atoms with Crippen molar-refractivity contribution in [2.24, 2.45) is 0 Å². The molecule has 0 bridgehead atoms. The molecule has 13 heavy (non-hydrogen) atoms. The minimum Gasteiger partial charge on any atom is -0.381 e. The molecule has 78 valence electrons. The van der Waals surface area contributed by atoms with E-state index in [1.165, 1.54) is 6.08 Å². The molecule has 0 unspecified atom stereocenters. The Morgan fingerprint density at radius 3 is 2.23 bits per heavy atom. The zero-order valence-electron chi connectivity index (χ0n) is 7.05. The lowest BCUT2D eigenvalue weighted by Crippen LogP contribution is -2.24. The summed E-state index contributed by atoms with van der Waals surface area (Å²) < 4.78 is 59.5. The number of rotatable bonds is 3. The second-order valence-corrected chi connectivity index (χ2v) is 3.74. The maximum atomic E-state index is 11.7. The van der Waals surface area contributed by atoms with E-state index >= 15 is 0 Å². The summed E-state index contributed by atoms with van der Waals surface area (Å²) in [6.07, 6.45) is 1.64. The molecule has 0 heterocycles. The molecule has 0 N–H and O–H groups in total. The molecule has 0 aliphatic carbocycles. The van der Waals surface area contributed by atoms with E-state index in [2.05, 4.69) is 4.18 Å². The largest absolute Gasteiger partial charge is 0.534 e. The van der Waals surface area contributed by atoms with Crippen LogP contribution < -0.4 is 0 Å². The fourth-order valence-corrected chi connectivity index (χ4v) is 1.05. The summed E-state index contributed by atoms with van der Waals surface area (Å²) in [5, 5.41) is 0. The number of hydrogen-bond donors (Lipinski definition) is 0. The molecule has 0 aliphatic heterocycles. The van der Waals surface area contributed by atoms with Gasteiger partial charge in [-0.3, -0.25) is 0 Å². The number of allylic oxidation sites excluding steroid dienone is 2. The smallest absolute Gasteiger partial charge is 0.381 e. The van der Waals surface area contributed by atoms with Crippen LogP contribution in [0.5, 0.6) is 0 Å². The molecule has 0 amide bonds. The first-order valence-electron chi connectivity index (χ1n) is 3.38. The number of hydrogen-bond acceptors (Lipinski definition) is 3. The van der Waals surface area contributed by atoms with E-state index in [4.69, 9.17) is 0 Å². The summed E-state index contributed by atoms with van der Waals surface area (Å²) in [6.45, 7) is 2.79. The molecule has 0 saturated carbocycles. The summed E-state index contributed by atoms with van der Waals surface area (Å²) in [4.78, 5) is 0. The standard InChI is InChI=1S/C6H9F3O3S/c1-3-4-5(2)12-13(10,11)6(7,8)9/h4H,3H2,1-2H3. The summed E-state index contributed by atoms with van der Waals surface area (Å²) in [5.41, 5.74) is -5.37. The number of alkyl halides is 3. The first-order valence-corrected chi connectivity index (χ1v) is 4.79. The molecule has 0 aromatic rings.